The number of aromatic nitrogens is 1. The van der Waals surface area contributed by atoms with Crippen LogP contribution in [0.4, 0.5) is 5.82 Å². The molecule has 0 bridgehead atoms. The molecule has 0 fully saturated rings. The largest absolute Gasteiger partial charge is 0.497 e. The van der Waals surface area contributed by atoms with Crippen LogP contribution in [0.15, 0.2) is 35.2 Å². The number of carbonyl (C=O) groups excluding carboxylic acids is 2. The van der Waals surface area contributed by atoms with Crippen molar-refractivity contribution in [3.63, 3.8) is 0 Å². The second kappa shape index (κ2) is 13.4. The van der Waals surface area contributed by atoms with Gasteiger partial charge in [-0.25, -0.2) is 13.4 Å². The highest BCUT2D eigenvalue weighted by Gasteiger charge is 2.27. The van der Waals surface area contributed by atoms with Crippen molar-refractivity contribution >= 4 is 27.7 Å². The highest BCUT2D eigenvalue weighted by molar-refractivity contribution is 7.89. The van der Waals surface area contributed by atoms with E-state index in [9.17, 15) is 18.0 Å². The van der Waals surface area contributed by atoms with Crippen molar-refractivity contribution in [1.29, 1.82) is 0 Å². The van der Waals surface area contributed by atoms with E-state index in [-0.39, 0.29) is 23.9 Å². The maximum absolute atomic E-state index is 13.1. The molecule has 1 heterocycles. The van der Waals surface area contributed by atoms with E-state index in [1.165, 1.54) is 19.1 Å². The Morgan fingerprint density at radius 1 is 1.05 bits per heavy atom. The number of aryl methyl sites for hydroxylation is 2. The molecular formula is C25H38N6O5S. The first kappa shape index (κ1) is 30.0. The molecule has 0 unspecified atom stereocenters. The molecular weight excluding hydrogens is 496 g/mol. The second-order valence-electron chi connectivity index (χ2n) is 9.12. The van der Waals surface area contributed by atoms with Crippen LogP contribution in [-0.2, 0) is 26.2 Å². The molecule has 12 heteroatoms. The quantitative estimate of drug-likeness (QED) is 0.391. The number of pyridine rings is 1. The molecule has 204 valence electrons. The molecule has 0 aliphatic carbocycles. The van der Waals surface area contributed by atoms with Crippen LogP contribution in [0.3, 0.4) is 0 Å². The van der Waals surface area contributed by atoms with Gasteiger partial charge in [0, 0.05) is 27.2 Å². The zero-order valence-electron chi connectivity index (χ0n) is 22.7. The van der Waals surface area contributed by atoms with Gasteiger partial charge in [0.15, 0.2) is 0 Å². The number of ether oxygens (including phenoxy) is 1. The fraction of sp³-hybridized carbons (Fsp3) is 0.480. The maximum atomic E-state index is 13.1. The highest BCUT2D eigenvalue weighted by atomic mass is 32.2. The summed E-state index contributed by atoms with van der Waals surface area (Å²) >= 11 is 0. The van der Waals surface area contributed by atoms with Crippen LogP contribution < -0.4 is 15.4 Å². The van der Waals surface area contributed by atoms with Crippen LogP contribution in [0.1, 0.15) is 16.8 Å². The van der Waals surface area contributed by atoms with Gasteiger partial charge in [0.2, 0.25) is 21.8 Å². The Kier molecular flexibility index (Phi) is 10.8. The van der Waals surface area contributed by atoms with Crippen molar-refractivity contribution in [2.45, 2.75) is 25.3 Å². The Hall–Kier alpha value is -3.22. The molecule has 2 N–H and O–H groups in total. The number of sulfonamides is 1. The van der Waals surface area contributed by atoms with Gasteiger partial charge in [-0.1, -0.05) is 6.07 Å². The molecule has 0 aliphatic heterocycles. The van der Waals surface area contributed by atoms with E-state index in [1.807, 2.05) is 32.3 Å². The number of nitrogens with zero attached hydrogens (tertiary/aromatic N) is 4. The van der Waals surface area contributed by atoms with Crippen molar-refractivity contribution in [1.82, 2.24) is 24.4 Å². The molecule has 37 heavy (non-hydrogen) atoms. The summed E-state index contributed by atoms with van der Waals surface area (Å²) in [6, 6.07) is 8.81. The normalized spacial score (nSPS) is 11.5. The van der Waals surface area contributed by atoms with Gasteiger partial charge in [-0.3, -0.25) is 9.59 Å². The third-order valence-corrected chi connectivity index (χ3v) is 7.75. The zero-order valence-corrected chi connectivity index (χ0v) is 23.5. The molecule has 1 aromatic heterocycles. The van der Waals surface area contributed by atoms with E-state index in [4.69, 9.17) is 4.74 Å². The smallest absolute Gasteiger partial charge is 0.243 e. The van der Waals surface area contributed by atoms with Gasteiger partial charge in [0.25, 0.3) is 0 Å². The average Bonchev–Trinajstić information content (AvgIpc) is 2.81. The van der Waals surface area contributed by atoms with Crippen molar-refractivity contribution in [2.75, 3.05) is 66.8 Å². The van der Waals surface area contributed by atoms with E-state index in [1.54, 1.807) is 33.0 Å². The second-order valence-corrected chi connectivity index (χ2v) is 11.1. The third-order valence-electron chi connectivity index (χ3n) is 5.64. The average molecular weight is 535 g/mol. The van der Waals surface area contributed by atoms with Gasteiger partial charge in [-0.05, 0) is 63.3 Å². The van der Waals surface area contributed by atoms with E-state index in [2.05, 4.69) is 20.5 Å². The van der Waals surface area contributed by atoms with Crippen molar-refractivity contribution < 1.29 is 22.7 Å². The van der Waals surface area contributed by atoms with E-state index in [0.717, 1.165) is 23.2 Å². The van der Waals surface area contributed by atoms with Gasteiger partial charge in [0.1, 0.15) is 11.6 Å². The predicted octanol–water partition coefficient (Wildman–Crippen LogP) is 1.08. The Labute approximate surface area is 219 Å². The molecule has 0 saturated carbocycles. The first-order chi connectivity index (χ1) is 17.3. The highest BCUT2D eigenvalue weighted by Crippen LogP contribution is 2.27. The lowest BCUT2D eigenvalue weighted by Gasteiger charge is -2.21. The molecule has 0 aliphatic rings. The number of carbonyl (C=O) groups is 2. The fourth-order valence-corrected chi connectivity index (χ4v) is 5.18. The summed E-state index contributed by atoms with van der Waals surface area (Å²) in [5, 5.41) is 5.75. The van der Waals surface area contributed by atoms with Crippen molar-refractivity contribution in [2.24, 2.45) is 0 Å². The lowest BCUT2D eigenvalue weighted by Crippen LogP contribution is -2.43. The maximum Gasteiger partial charge on any atom is 0.243 e. The monoisotopic (exact) mass is 534 g/mol. The number of nitrogens with one attached hydrogen (secondary N) is 2. The van der Waals surface area contributed by atoms with Crippen LogP contribution in [0.2, 0.25) is 0 Å². The number of benzene rings is 1. The minimum absolute atomic E-state index is 0.130. The number of hydrogen-bond donors (Lipinski definition) is 2. The van der Waals surface area contributed by atoms with Crippen molar-refractivity contribution in [3.8, 4) is 5.75 Å². The molecule has 0 spiro atoms. The fourth-order valence-electron chi connectivity index (χ4n) is 3.65. The Morgan fingerprint density at radius 2 is 1.70 bits per heavy atom. The standard InChI is InChI=1S/C25H38N6O5S/c1-18-13-21(36-7)14-19(2)25(18)37(34,35)31(6)17-23(32)27-15-24(33)30(5)16-20-9-8-10-22(28-20)26-11-12-29(3)4/h8-10,13-14H,11-12,15-17H2,1-7H3,(H,26,28)(H,27,32). The number of methoxy groups -OCH3 is 1. The summed E-state index contributed by atoms with van der Waals surface area (Å²) < 4.78 is 32.4. The summed E-state index contributed by atoms with van der Waals surface area (Å²) in [5.41, 5.74) is 1.74. The predicted molar refractivity (Wildman–Crippen MR) is 143 cm³/mol. The molecule has 2 amide bonds. The van der Waals surface area contributed by atoms with E-state index in [0.29, 0.717) is 22.6 Å². The lowest BCUT2D eigenvalue weighted by atomic mass is 10.1. The minimum Gasteiger partial charge on any atom is -0.497 e. The summed E-state index contributed by atoms with van der Waals surface area (Å²) in [6.07, 6.45) is 0. The van der Waals surface area contributed by atoms with E-state index >= 15 is 0 Å². The van der Waals surface area contributed by atoms with Crippen molar-refractivity contribution in [3.05, 3.63) is 47.2 Å². The van der Waals surface area contributed by atoms with Gasteiger partial charge < -0.3 is 25.2 Å². The van der Waals surface area contributed by atoms with E-state index < -0.39 is 22.5 Å². The first-order valence-electron chi connectivity index (χ1n) is 11.8. The molecule has 0 saturated heterocycles. The lowest BCUT2D eigenvalue weighted by molar-refractivity contribution is -0.132. The number of rotatable bonds is 13. The van der Waals surface area contributed by atoms with Gasteiger partial charge in [-0.2, -0.15) is 4.31 Å². The molecule has 1 aromatic carbocycles. The Morgan fingerprint density at radius 3 is 2.30 bits per heavy atom. The van der Waals surface area contributed by atoms with Gasteiger partial charge in [0.05, 0.1) is 37.3 Å². The zero-order chi connectivity index (χ0) is 27.8. The SMILES string of the molecule is COc1cc(C)c(S(=O)(=O)N(C)CC(=O)NCC(=O)N(C)Cc2cccc(NCCN(C)C)n2)c(C)c1. The number of likely N-dealkylation sites (N-methyl/N-ethyl adjacent to an activating group) is 3. The van der Waals surface area contributed by atoms with Crippen LogP contribution >= 0.6 is 0 Å². The molecule has 0 radical (unpaired) electrons. The topological polar surface area (TPSA) is 124 Å². The first-order valence-corrected chi connectivity index (χ1v) is 13.3. The van der Waals surface area contributed by atoms with Gasteiger partial charge in [-0.15, -0.1) is 0 Å². The Balaban J connectivity index is 1.91. The summed E-state index contributed by atoms with van der Waals surface area (Å²) in [4.78, 5) is 33.2. The molecule has 11 nitrogen and oxygen atoms in total. The Bertz CT molecular complexity index is 1180. The molecule has 2 rings (SSSR count). The summed E-state index contributed by atoms with van der Waals surface area (Å²) in [7, 11) is 4.51. The number of hydrogen-bond acceptors (Lipinski definition) is 8. The number of anilines is 1. The van der Waals surface area contributed by atoms with Crippen LogP contribution in [0.25, 0.3) is 0 Å². The van der Waals surface area contributed by atoms with Gasteiger partial charge >= 0.3 is 0 Å². The third kappa shape index (κ3) is 8.69. The molecule has 2 aromatic rings. The molecule has 0 atom stereocenters. The van der Waals surface area contributed by atoms with Crippen LogP contribution in [-0.4, -0.2) is 101 Å². The summed E-state index contributed by atoms with van der Waals surface area (Å²) in [5.74, 6) is 0.370. The number of amides is 2. The van der Waals surface area contributed by atoms with Crippen LogP contribution in [0.5, 0.6) is 5.75 Å². The van der Waals surface area contributed by atoms with Crippen LogP contribution in [0, 0.1) is 13.8 Å². The summed E-state index contributed by atoms with van der Waals surface area (Å²) in [6.45, 7) is 4.54. The minimum atomic E-state index is -3.93.